The van der Waals surface area contributed by atoms with E-state index in [-0.39, 0.29) is 31.8 Å². The number of carbonyl (C=O) groups is 4. The second kappa shape index (κ2) is 11.6. The molecule has 0 rings (SSSR count). The number of carboxylic acids is 2. The normalized spacial score (nSPS) is 13.8. The molecule has 10 N–H and O–H groups in total. The van der Waals surface area contributed by atoms with Crippen molar-refractivity contribution in [3.05, 3.63) is 0 Å². The fourth-order valence-corrected chi connectivity index (χ4v) is 1.87. The number of hydrogen-bond donors (Lipinski definition) is 7. The lowest BCUT2D eigenvalue weighted by Gasteiger charge is -2.21. The Kier molecular flexibility index (Phi) is 10.3. The van der Waals surface area contributed by atoms with Crippen molar-refractivity contribution in [1.29, 1.82) is 0 Å². The Morgan fingerprint density at radius 2 is 1.58 bits per heavy atom. The molecule has 0 unspecified atom stereocenters. The molecule has 3 atom stereocenters. The van der Waals surface area contributed by atoms with Gasteiger partial charge in [-0.05, 0) is 26.2 Å². The van der Waals surface area contributed by atoms with Gasteiger partial charge in [0.25, 0.3) is 0 Å². The quantitative estimate of drug-likeness (QED) is 0.107. The monoisotopic (exact) mass is 374 g/mol. The van der Waals surface area contributed by atoms with Gasteiger partial charge in [-0.15, -0.1) is 0 Å². The van der Waals surface area contributed by atoms with Crippen LogP contribution in [0.5, 0.6) is 0 Å². The molecular weight excluding hydrogens is 348 g/mol. The maximum atomic E-state index is 12.3. The Hall–Kier alpha value is -2.89. The molecule has 148 valence electrons. The average molecular weight is 374 g/mol. The van der Waals surface area contributed by atoms with Crippen molar-refractivity contribution in [3.8, 4) is 0 Å². The topological polar surface area (TPSA) is 223 Å². The predicted octanol–water partition coefficient (Wildman–Crippen LogP) is -2.69. The zero-order chi connectivity index (χ0) is 20.3. The summed E-state index contributed by atoms with van der Waals surface area (Å²) in [4.78, 5) is 49.7. The van der Waals surface area contributed by atoms with Crippen LogP contribution in [0.2, 0.25) is 0 Å². The predicted molar refractivity (Wildman–Crippen MR) is 91.9 cm³/mol. The Balaban J connectivity index is 4.90. The number of guanidine groups is 1. The summed E-state index contributed by atoms with van der Waals surface area (Å²) in [7, 11) is 0. The highest BCUT2D eigenvalue weighted by atomic mass is 16.4. The highest BCUT2D eigenvalue weighted by Crippen LogP contribution is 2.03. The van der Waals surface area contributed by atoms with Gasteiger partial charge in [-0.25, -0.2) is 4.79 Å². The molecule has 12 heteroatoms. The lowest BCUT2D eigenvalue weighted by molar-refractivity contribution is -0.143. The molecule has 0 heterocycles. The van der Waals surface area contributed by atoms with Crippen LogP contribution in [-0.2, 0) is 19.2 Å². The van der Waals surface area contributed by atoms with Gasteiger partial charge >= 0.3 is 11.9 Å². The first-order valence-electron chi connectivity index (χ1n) is 7.91. The molecule has 0 spiro atoms. The Morgan fingerprint density at radius 3 is 2.04 bits per heavy atom. The van der Waals surface area contributed by atoms with Crippen molar-refractivity contribution >= 4 is 29.7 Å². The van der Waals surface area contributed by atoms with Gasteiger partial charge in [0.1, 0.15) is 12.1 Å². The molecule has 0 aliphatic heterocycles. The molecular formula is C14H26N6O6. The summed E-state index contributed by atoms with van der Waals surface area (Å²) in [5, 5.41) is 22.5. The first-order valence-corrected chi connectivity index (χ1v) is 7.91. The molecule has 0 aliphatic carbocycles. The van der Waals surface area contributed by atoms with E-state index in [1.807, 2.05) is 0 Å². The number of carbonyl (C=O) groups excluding carboxylic acids is 2. The van der Waals surface area contributed by atoms with E-state index in [1.165, 1.54) is 6.92 Å². The van der Waals surface area contributed by atoms with Gasteiger partial charge in [0.15, 0.2) is 5.96 Å². The molecule has 0 aromatic carbocycles. The summed E-state index contributed by atoms with van der Waals surface area (Å²) in [5.41, 5.74) is 15.7. The molecule has 0 aromatic heterocycles. The van der Waals surface area contributed by atoms with Gasteiger partial charge in [0.05, 0.1) is 6.04 Å². The van der Waals surface area contributed by atoms with Crippen LogP contribution in [-0.4, -0.2) is 64.6 Å². The molecule has 0 fully saturated rings. The number of amides is 2. The minimum absolute atomic E-state index is 0.0464. The minimum atomic E-state index is -1.28. The van der Waals surface area contributed by atoms with Gasteiger partial charge in [-0.1, -0.05) is 0 Å². The van der Waals surface area contributed by atoms with Crippen LogP contribution in [0.3, 0.4) is 0 Å². The smallest absolute Gasteiger partial charge is 0.326 e. The Labute approximate surface area is 150 Å². The van der Waals surface area contributed by atoms with Gasteiger partial charge in [0.2, 0.25) is 11.8 Å². The van der Waals surface area contributed by atoms with Crippen LogP contribution < -0.4 is 27.8 Å². The van der Waals surface area contributed by atoms with Crippen LogP contribution in [0.4, 0.5) is 0 Å². The first-order chi connectivity index (χ1) is 12.0. The van der Waals surface area contributed by atoms with Crippen LogP contribution in [0.15, 0.2) is 4.99 Å². The lowest BCUT2D eigenvalue weighted by Crippen LogP contribution is -2.54. The van der Waals surface area contributed by atoms with Crippen molar-refractivity contribution in [2.24, 2.45) is 22.2 Å². The van der Waals surface area contributed by atoms with E-state index < -0.39 is 41.9 Å². The number of nitrogens with zero attached hydrogens (tertiary/aromatic N) is 1. The van der Waals surface area contributed by atoms with Crippen LogP contribution >= 0.6 is 0 Å². The van der Waals surface area contributed by atoms with E-state index >= 15 is 0 Å². The van der Waals surface area contributed by atoms with Crippen LogP contribution in [0, 0.1) is 0 Å². The second-order valence-corrected chi connectivity index (χ2v) is 5.63. The summed E-state index contributed by atoms with van der Waals surface area (Å²) in [5.74, 6) is -4.04. The zero-order valence-corrected chi connectivity index (χ0v) is 14.5. The summed E-state index contributed by atoms with van der Waals surface area (Å²) in [6.45, 7) is 1.58. The van der Waals surface area contributed by atoms with Gasteiger partial charge < -0.3 is 38.0 Å². The number of nitrogens with one attached hydrogen (secondary N) is 2. The van der Waals surface area contributed by atoms with E-state index in [2.05, 4.69) is 15.6 Å². The number of nitrogens with two attached hydrogens (primary N) is 3. The van der Waals surface area contributed by atoms with E-state index in [0.29, 0.717) is 6.42 Å². The van der Waals surface area contributed by atoms with Crippen LogP contribution in [0.1, 0.15) is 32.6 Å². The summed E-state index contributed by atoms with van der Waals surface area (Å²) in [6.07, 6.45) is -0.259. The van der Waals surface area contributed by atoms with E-state index in [0.717, 1.165) is 0 Å². The van der Waals surface area contributed by atoms with E-state index in [4.69, 9.17) is 22.3 Å². The number of aliphatic imine (C=N–C) groups is 1. The summed E-state index contributed by atoms with van der Waals surface area (Å²) < 4.78 is 0. The molecule has 26 heavy (non-hydrogen) atoms. The third kappa shape index (κ3) is 10.1. The van der Waals surface area contributed by atoms with Crippen molar-refractivity contribution in [3.63, 3.8) is 0 Å². The summed E-state index contributed by atoms with van der Waals surface area (Å²) >= 11 is 0. The van der Waals surface area contributed by atoms with Crippen LogP contribution in [0.25, 0.3) is 0 Å². The molecule has 0 aliphatic rings. The Morgan fingerprint density at radius 1 is 1.00 bits per heavy atom. The lowest BCUT2D eigenvalue weighted by atomic mass is 10.1. The number of rotatable bonds is 12. The largest absolute Gasteiger partial charge is 0.481 e. The van der Waals surface area contributed by atoms with Gasteiger partial charge in [-0.2, -0.15) is 0 Å². The fraction of sp³-hybridized carbons (Fsp3) is 0.643. The van der Waals surface area contributed by atoms with E-state index in [9.17, 15) is 24.3 Å². The van der Waals surface area contributed by atoms with Crippen molar-refractivity contribution in [2.75, 3.05) is 6.54 Å². The third-order valence-electron chi connectivity index (χ3n) is 3.25. The van der Waals surface area contributed by atoms with Crippen molar-refractivity contribution in [1.82, 2.24) is 10.6 Å². The van der Waals surface area contributed by atoms with Gasteiger partial charge in [-0.3, -0.25) is 19.4 Å². The molecule has 0 bridgehead atoms. The standard InChI is InChI=1S/C14H26N6O6/c1-7(15)11(23)19-8(4-5-10(21)22)12(24)20-9(13(25)26)3-2-6-18-14(16)17/h7-9H,2-6,15H2,1H3,(H,19,23)(H,20,24)(H,21,22)(H,25,26)(H4,16,17,18)/t7-,8-,9-/m0/s1. The average Bonchev–Trinajstić information content (AvgIpc) is 2.52. The second-order valence-electron chi connectivity index (χ2n) is 5.63. The summed E-state index contributed by atoms with van der Waals surface area (Å²) in [6, 6.07) is -3.37. The molecule has 0 saturated carbocycles. The minimum Gasteiger partial charge on any atom is -0.481 e. The number of hydrogen-bond acceptors (Lipinski definition) is 6. The third-order valence-corrected chi connectivity index (χ3v) is 3.25. The highest BCUT2D eigenvalue weighted by molar-refractivity contribution is 5.91. The zero-order valence-electron chi connectivity index (χ0n) is 14.5. The Bertz CT molecular complexity index is 546. The number of aliphatic carboxylic acids is 2. The molecule has 0 radical (unpaired) electrons. The molecule has 12 nitrogen and oxygen atoms in total. The number of carboxylic acid groups (broad SMARTS) is 2. The SMILES string of the molecule is C[C@H](N)C(=O)N[C@@H](CCC(=O)O)C(=O)N[C@@H](CCCN=C(N)N)C(=O)O. The van der Waals surface area contributed by atoms with Gasteiger partial charge in [0, 0.05) is 13.0 Å². The van der Waals surface area contributed by atoms with Crippen molar-refractivity contribution in [2.45, 2.75) is 50.7 Å². The maximum absolute atomic E-state index is 12.3. The van der Waals surface area contributed by atoms with Crippen molar-refractivity contribution < 1.29 is 29.4 Å². The first kappa shape index (κ1) is 23.1. The molecule has 0 saturated heterocycles. The highest BCUT2D eigenvalue weighted by Gasteiger charge is 2.27. The maximum Gasteiger partial charge on any atom is 0.326 e. The fourth-order valence-electron chi connectivity index (χ4n) is 1.87. The van der Waals surface area contributed by atoms with E-state index in [1.54, 1.807) is 0 Å². The molecule has 2 amide bonds. The molecule has 0 aromatic rings.